The second-order valence-corrected chi connectivity index (χ2v) is 5.30. The summed E-state index contributed by atoms with van der Waals surface area (Å²) in [5.74, 6) is 0.399. The quantitative estimate of drug-likeness (QED) is 0.890. The van der Waals surface area contributed by atoms with Gasteiger partial charge in [0, 0.05) is 23.9 Å². The van der Waals surface area contributed by atoms with E-state index in [0.717, 1.165) is 19.3 Å². The van der Waals surface area contributed by atoms with Crippen molar-refractivity contribution < 1.29 is 9.13 Å². The van der Waals surface area contributed by atoms with Gasteiger partial charge >= 0.3 is 0 Å². The largest absolute Gasteiger partial charge is 0.490 e. The second-order valence-electron chi connectivity index (χ2n) is 5.30. The molecular formula is C15H22FNO. The van der Waals surface area contributed by atoms with Gasteiger partial charge in [0.05, 0.1) is 0 Å². The van der Waals surface area contributed by atoms with E-state index in [1.807, 2.05) is 6.07 Å². The molecule has 2 atom stereocenters. The van der Waals surface area contributed by atoms with Gasteiger partial charge in [0.1, 0.15) is 17.7 Å². The Morgan fingerprint density at radius 3 is 2.56 bits per heavy atom. The van der Waals surface area contributed by atoms with E-state index in [2.05, 4.69) is 13.8 Å². The van der Waals surface area contributed by atoms with Crippen LogP contribution in [-0.4, -0.2) is 12.1 Å². The molecule has 2 rings (SSSR count). The molecular weight excluding hydrogens is 229 g/mol. The molecule has 100 valence electrons. The summed E-state index contributed by atoms with van der Waals surface area (Å²) in [6, 6.07) is 5.25. The highest BCUT2D eigenvalue weighted by atomic mass is 19.1. The molecule has 0 aliphatic heterocycles. The fourth-order valence-corrected chi connectivity index (χ4v) is 2.98. The second kappa shape index (κ2) is 4.88. The van der Waals surface area contributed by atoms with Crippen LogP contribution in [0.15, 0.2) is 18.2 Å². The van der Waals surface area contributed by atoms with Crippen molar-refractivity contribution in [1.29, 1.82) is 0 Å². The van der Waals surface area contributed by atoms with Gasteiger partial charge in [-0.15, -0.1) is 0 Å². The lowest BCUT2D eigenvalue weighted by Gasteiger charge is -2.53. The molecule has 2 unspecified atom stereocenters. The zero-order valence-electron chi connectivity index (χ0n) is 11.4. The Kier molecular flexibility index (Phi) is 3.62. The molecule has 0 saturated heterocycles. The van der Waals surface area contributed by atoms with Crippen LogP contribution in [0.3, 0.4) is 0 Å². The van der Waals surface area contributed by atoms with Crippen molar-refractivity contribution in [3.05, 3.63) is 29.6 Å². The normalized spacial score (nSPS) is 25.6. The Bertz CT molecular complexity index is 429. The Morgan fingerprint density at radius 1 is 1.39 bits per heavy atom. The van der Waals surface area contributed by atoms with Crippen LogP contribution in [0.25, 0.3) is 0 Å². The van der Waals surface area contributed by atoms with Crippen LogP contribution in [0, 0.1) is 18.2 Å². The van der Waals surface area contributed by atoms with E-state index >= 15 is 0 Å². The maximum absolute atomic E-state index is 13.5. The van der Waals surface area contributed by atoms with Crippen molar-refractivity contribution in [1.82, 2.24) is 0 Å². The van der Waals surface area contributed by atoms with Crippen LogP contribution < -0.4 is 10.5 Å². The van der Waals surface area contributed by atoms with E-state index in [-0.39, 0.29) is 23.4 Å². The summed E-state index contributed by atoms with van der Waals surface area (Å²) in [6.07, 6.45) is 2.98. The summed E-state index contributed by atoms with van der Waals surface area (Å²) in [5.41, 5.74) is 6.82. The number of aryl methyl sites for hydroxylation is 1. The van der Waals surface area contributed by atoms with Gasteiger partial charge in [-0.05, 0) is 31.4 Å². The molecule has 0 heterocycles. The number of ether oxygens (including phenoxy) is 1. The minimum absolute atomic E-state index is 0.0569. The summed E-state index contributed by atoms with van der Waals surface area (Å²) in [5, 5.41) is 0. The first kappa shape index (κ1) is 13.3. The molecule has 1 saturated carbocycles. The van der Waals surface area contributed by atoms with Crippen molar-refractivity contribution in [2.24, 2.45) is 11.1 Å². The molecule has 1 aliphatic carbocycles. The van der Waals surface area contributed by atoms with Gasteiger partial charge in [0.15, 0.2) is 0 Å². The molecule has 2 nitrogen and oxygen atoms in total. The monoisotopic (exact) mass is 251 g/mol. The Labute approximate surface area is 108 Å². The van der Waals surface area contributed by atoms with Crippen molar-refractivity contribution in [2.45, 2.75) is 52.2 Å². The van der Waals surface area contributed by atoms with Crippen LogP contribution in [0.1, 0.15) is 38.7 Å². The number of hydrogen-bond acceptors (Lipinski definition) is 2. The first-order valence-corrected chi connectivity index (χ1v) is 6.72. The van der Waals surface area contributed by atoms with Gasteiger partial charge in [0.25, 0.3) is 0 Å². The maximum atomic E-state index is 13.5. The van der Waals surface area contributed by atoms with Crippen LogP contribution >= 0.6 is 0 Å². The van der Waals surface area contributed by atoms with Crippen molar-refractivity contribution in [2.75, 3.05) is 0 Å². The highest BCUT2D eigenvalue weighted by Gasteiger charge is 2.52. The topological polar surface area (TPSA) is 35.2 Å². The molecule has 1 aromatic rings. The Morgan fingerprint density at radius 2 is 2.06 bits per heavy atom. The minimum Gasteiger partial charge on any atom is -0.490 e. The van der Waals surface area contributed by atoms with Gasteiger partial charge in [-0.2, -0.15) is 0 Å². The number of benzene rings is 1. The summed E-state index contributed by atoms with van der Waals surface area (Å²) >= 11 is 0. The summed E-state index contributed by atoms with van der Waals surface area (Å²) in [4.78, 5) is 0. The van der Waals surface area contributed by atoms with Crippen LogP contribution in [0.5, 0.6) is 5.75 Å². The highest BCUT2D eigenvalue weighted by Crippen LogP contribution is 2.47. The zero-order chi connectivity index (χ0) is 13.3. The van der Waals surface area contributed by atoms with E-state index in [0.29, 0.717) is 11.3 Å². The third-order valence-electron chi connectivity index (χ3n) is 4.59. The Hall–Kier alpha value is -1.09. The predicted molar refractivity (Wildman–Crippen MR) is 71.2 cm³/mol. The molecule has 18 heavy (non-hydrogen) atoms. The third-order valence-corrected chi connectivity index (χ3v) is 4.59. The highest BCUT2D eigenvalue weighted by molar-refractivity contribution is 5.29. The zero-order valence-corrected chi connectivity index (χ0v) is 11.4. The minimum atomic E-state index is -0.213. The molecule has 1 fully saturated rings. The third kappa shape index (κ3) is 2.01. The van der Waals surface area contributed by atoms with Gasteiger partial charge in [0.2, 0.25) is 0 Å². The van der Waals surface area contributed by atoms with E-state index < -0.39 is 0 Å². The summed E-state index contributed by atoms with van der Waals surface area (Å²) < 4.78 is 19.4. The van der Waals surface area contributed by atoms with E-state index in [9.17, 15) is 4.39 Å². The average Bonchev–Trinajstić information content (AvgIpc) is 2.35. The van der Waals surface area contributed by atoms with Crippen molar-refractivity contribution >= 4 is 0 Å². The summed E-state index contributed by atoms with van der Waals surface area (Å²) in [7, 11) is 0. The van der Waals surface area contributed by atoms with Crippen LogP contribution in [0.2, 0.25) is 0 Å². The number of hydrogen-bond donors (Lipinski definition) is 1. The van der Waals surface area contributed by atoms with Gasteiger partial charge in [-0.3, -0.25) is 0 Å². The fraction of sp³-hybridized carbons (Fsp3) is 0.600. The fourth-order valence-electron chi connectivity index (χ4n) is 2.98. The lowest BCUT2D eigenvalue weighted by molar-refractivity contribution is -0.0723. The first-order valence-electron chi connectivity index (χ1n) is 6.72. The average molecular weight is 251 g/mol. The van der Waals surface area contributed by atoms with Crippen LogP contribution in [0.4, 0.5) is 4.39 Å². The molecule has 0 amide bonds. The maximum Gasteiger partial charge on any atom is 0.129 e. The lowest BCUT2D eigenvalue weighted by atomic mass is 9.59. The molecule has 0 radical (unpaired) electrons. The number of nitrogens with two attached hydrogens (primary N) is 1. The van der Waals surface area contributed by atoms with E-state index in [4.69, 9.17) is 10.5 Å². The van der Waals surface area contributed by atoms with Gasteiger partial charge in [-0.25, -0.2) is 4.39 Å². The van der Waals surface area contributed by atoms with Gasteiger partial charge < -0.3 is 10.5 Å². The first-order chi connectivity index (χ1) is 8.53. The van der Waals surface area contributed by atoms with Crippen molar-refractivity contribution in [3.8, 4) is 5.75 Å². The standard InChI is InChI=1S/C15H22FNO/c1-4-15(5-2)13(17)9-14(15)18-11-7-6-10(3)12(16)8-11/h6-8,13-14H,4-5,9,17H2,1-3H3. The molecule has 0 aromatic heterocycles. The SMILES string of the molecule is CCC1(CC)C(N)CC1Oc1ccc(C)c(F)c1. The van der Waals surface area contributed by atoms with E-state index in [1.54, 1.807) is 13.0 Å². The summed E-state index contributed by atoms with van der Waals surface area (Å²) in [6.45, 7) is 6.05. The molecule has 2 N–H and O–H groups in total. The molecule has 3 heteroatoms. The lowest BCUT2D eigenvalue weighted by Crippen LogP contribution is -2.62. The van der Waals surface area contributed by atoms with Crippen LogP contribution in [-0.2, 0) is 0 Å². The number of halogens is 1. The predicted octanol–water partition coefficient (Wildman–Crippen LogP) is 3.42. The van der Waals surface area contributed by atoms with Gasteiger partial charge in [-0.1, -0.05) is 19.9 Å². The molecule has 1 aliphatic rings. The molecule has 0 bridgehead atoms. The molecule has 1 aromatic carbocycles. The smallest absolute Gasteiger partial charge is 0.129 e. The molecule has 0 spiro atoms. The number of rotatable bonds is 4. The Balaban J connectivity index is 2.12. The van der Waals surface area contributed by atoms with Crippen molar-refractivity contribution in [3.63, 3.8) is 0 Å². The van der Waals surface area contributed by atoms with E-state index in [1.165, 1.54) is 6.07 Å².